The Morgan fingerprint density at radius 1 is 1.43 bits per heavy atom. The van der Waals surface area contributed by atoms with E-state index in [9.17, 15) is 4.79 Å². The number of ether oxygens (including phenoxy) is 1. The second-order valence-corrected chi connectivity index (χ2v) is 4.42. The van der Waals surface area contributed by atoms with Gasteiger partial charge in [0.05, 0.1) is 6.10 Å². The quantitative estimate of drug-likeness (QED) is 0.692. The van der Waals surface area contributed by atoms with Crippen molar-refractivity contribution in [2.75, 3.05) is 19.7 Å². The summed E-state index contributed by atoms with van der Waals surface area (Å²) in [6.45, 7) is 8.19. The first-order chi connectivity index (χ1) is 6.59. The van der Waals surface area contributed by atoms with E-state index in [0.29, 0.717) is 0 Å². The van der Waals surface area contributed by atoms with Gasteiger partial charge in [-0.3, -0.25) is 4.79 Å². The summed E-state index contributed by atoms with van der Waals surface area (Å²) >= 11 is 0. The Morgan fingerprint density at radius 2 is 2.00 bits per heavy atom. The molecule has 1 heterocycles. The van der Waals surface area contributed by atoms with E-state index in [-0.39, 0.29) is 18.6 Å². The van der Waals surface area contributed by atoms with E-state index in [1.54, 1.807) is 0 Å². The number of carbonyl (C=O) groups excluding carboxylic acids is 1. The van der Waals surface area contributed by atoms with Crippen LogP contribution < -0.4 is 0 Å². The molecule has 82 valence electrons. The van der Waals surface area contributed by atoms with Crippen molar-refractivity contribution < 1.29 is 9.53 Å². The predicted octanol–water partition coefficient (Wildman–Crippen LogP) is 1.67. The summed E-state index contributed by atoms with van der Waals surface area (Å²) in [5.41, 5.74) is 0. The van der Waals surface area contributed by atoms with E-state index < -0.39 is 0 Å². The fraction of sp³-hybridized carbons (Fsp3) is 0.909. The number of hydrogen-bond acceptors (Lipinski definition) is 2. The summed E-state index contributed by atoms with van der Waals surface area (Å²) in [5.74, 6) is 0.913. The van der Waals surface area contributed by atoms with Crippen molar-refractivity contribution in [3.63, 3.8) is 0 Å². The first-order valence-electron chi connectivity index (χ1n) is 5.49. The smallest absolute Gasteiger partial charge is 0.248 e. The third kappa shape index (κ3) is 3.66. The summed E-state index contributed by atoms with van der Waals surface area (Å²) in [5, 5.41) is 0. The molecule has 1 fully saturated rings. The second-order valence-electron chi connectivity index (χ2n) is 4.42. The van der Waals surface area contributed by atoms with Crippen LogP contribution in [0, 0.1) is 5.92 Å². The lowest BCUT2D eigenvalue weighted by Crippen LogP contribution is -2.40. The molecular weight excluding hydrogens is 178 g/mol. The average molecular weight is 199 g/mol. The number of nitrogens with zero attached hydrogens (tertiary/aromatic N) is 1. The summed E-state index contributed by atoms with van der Waals surface area (Å²) in [6.07, 6.45) is 2.41. The Morgan fingerprint density at radius 3 is 2.50 bits per heavy atom. The number of amides is 1. The Bertz CT molecular complexity index is 184. The zero-order chi connectivity index (χ0) is 10.6. The minimum atomic E-state index is 0.141. The van der Waals surface area contributed by atoms with Crippen molar-refractivity contribution in [2.24, 2.45) is 5.92 Å². The van der Waals surface area contributed by atoms with Gasteiger partial charge in [0.1, 0.15) is 6.61 Å². The predicted molar refractivity (Wildman–Crippen MR) is 56.1 cm³/mol. The molecule has 1 rings (SSSR count). The number of likely N-dealkylation sites (tertiary alicyclic amines) is 1. The highest BCUT2D eigenvalue weighted by molar-refractivity contribution is 5.77. The maximum absolute atomic E-state index is 11.6. The molecular formula is C11H21NO2. The van der Waals surface area contributed by atoms with Gasteiger partial charge in [0.15, 0.2) is 0 Å². The molecule has 1 aliphatic heterocycles. The summed E-state index contributed by atoms with van der Waals surface area (Å²) in [6, 6.07) is 0. The van der Waals surface area contributed by atoms with Gasteiger partial charge in [-0.15, -0.1) is 0 Å². The molecule has 14 heavy (non-hydrogen) atoms. The first kappa shape index (κ1) is 11.5. The lowest BCUT2D eigenvalue weighted by Gasteiger charge is -2.30. The van der Waals surface area contributed by atoms with E-state index in [2.05, 4.69) is 6.92 Å². The highest BCUT2D eigenvalue weighted by Crippen LogP contribution is 2.15. The summed E-state index contributed by atoms with van der Waals surface area (Å²) in [7, 11) is 0. The van der Waals surface area contributed by atoms with E-state index in [0.717, 1.165) is 31.8 Å². The Hall–Kier alpha value is -0.570. The molecule has 1 saturated heterocycles. The minimum Gasteiger partial charge on any atom is -0.369 e. The molecule has 0 bridgehead atoms. The molecule has 1 amide bonds. The van der Waals surface area contributed by atoms with Crippen LogP contribution in [0.25, 0.3) is 0 Å². The molecule has 0 aliphatic carbocycles. The van der Waals surface area contributed by atoms with E-state index in [1.165, 1.54) is 0 Å². The van der Waals surface area contributed by atoms with Gasteiger partial charge in [0.2, 0.25) is 5.91 Å². The third-order valence-electron chi connectivity index (χ3n) is 2.68. The number of carbonyl (C=O) groups is 1. The number of piperidine rings is 1. The Kier molecular flexibility index (Phi) is 4.39. The van der Waals surface area contributed by atoms with Crippen molar-refractivity contribution in [3.8, 4) is 0 Å². The van der Waals surface area contributed by atoms with Gasteiger partial charge in [0, 0.05) is 13.1 Å². The van der Waals surface area contributed by atoms with Crippen LogP contribution >= 0.6 is 0 Å². The maximum Gasteiger partial charge on any atom is 0.248 e. The van der Waals surface area contributed by atoms with Crippen molar-refractivity contribution in [2.45, 2.75) is 39.7 Å². The molecule has 0 spiro atoms. The van der Waals surface area contributed by atoms with Crippen molar-refractivity contribution >= 4 is 5.91 Å². The first-order valence-corrected chi connectivity index (χ1v) is 5.49. The van der Waals surface area contributed by atoms with Crippen molar-refractivity contribution in [1.29, 1.82) is 0 Å². The highest BCUT2D eigenvalue weighted by Gasteiger charge is 2.20. The molecule has 1 aliphatic rings. The van der Waals surface area contributed by atoms with Crippen LogP contribution in [-0.4, -0.2) is 36.6 Å². The van der Waals surface area contributed by atoms with Crippen molar-refractivity contribution in [1.82, 2.24) is 4.90 Å². The normalized spacial score (nSPS) is 19.0. The molecule has 0 N–H and O–H groups in total. The van der Waals surface area contributed by atoms with Crippen molar-refractivity contribution in [3.05, 3.63) is 0 Å². The lowest BCUT2D eigenvalue weighted by molar-refractivity contribution is -0.138. The maximum atomic E-state index is 11.6. The van der Waals surface area contributed by atoms with Crippen LogP contribution in [0.2, 0.25) is 0 Å². The van der Waals surface area contributed by atoms with E-state index >= 15 is 0 Å². The second kappa shape index (κ2) is 5.35. The molecule has 0 atom stereocenters. The molecule has 3 heteroatoms. The van der Waals surface area contributed by atoms with Gasteiger partial charge in [-0.05, 0) is 32.6 Å². The summed E-state index contributed by atoms with van der Waals surface area (Å²) < 4.78 is 5.29. The Balaban J connectivity index is 2.24. The van der Waals surface area contributed by atoms with Gasteiger partial charge in [0.25, 0.3) is 0 Å². The van der Waals surface area contributed by atoms with Crippen LogP contribution in [0.4, 0.5) is 0 Å². The van der Waals surface area contributed by atoms with E-state index in [1.807, 2.05) is 18.7 Å². The van der Waals surface area contributed by atoms with Crippen LogP contribution in [0.1, 0.15) is 33.6 Å². The zero-order valence-corrected chi connectivity index (χ0v) is 9.45. The van der Waals surface area contributed by atoms with Gasteiger partial charge in [-0.2, -0.15) is 0 Å². The van der Waals surface area contributed by atoms with Crippen LogP contribution in [0.5, 0.6) is 0 Å². The largest absolute Gasteiger partial charge is 0.369 e. The van der Waals surface area contributed by atoms with Gasteiger partial charge < -0.3 is 9.64 Å². The fourth-order valence-electron chi connectivity index (χ4n) is 1.59. The molecule has 0 aromatic carbocycles. The van der Waals surface area contributed by atoms with Gasteiger partial charge >= 0.3 is 0 Å². The number of hydrogen-bond donors (Lipinski definition) is 0. The van der Waals surface area contributed by atoms with Crippen LogP contribution in [0.15, 0.2) is 0 Å². The molecule has 3 nitrogen and oxygen atoms in total. The summed E-state index contributed by atoms with van der Waals surface area (Å²) in [4.78, 5) is 13.5. The van der Waals surface area contributed by atoms with Gasteiger partial charge in [-0.1, -0.05) is 6.92 Å². The molecule has 0 aromatic rings. The van der Waals surface area contributed by atoms with Crippen LogP contribution in [0.3, 0.4) is 0 Å². The SMILES string of the molecule is CC1CCN(C(=O)COC(C)C)CC1. The Labute approximate surface area is 86.4 Å². The molecule has 0 aromatic heterocycles. The highest BCUT2D eigenvalue weighted by atomic mass is 16.5. The number of rotatable bonds is 3. The molecule has 0 saturated carbocycles. The zero-order valence-electron chi connectivity index (χ0n) is 9.45. The standard InChI is InChI=1S/C11H21NO2/c1-9(2)14-8-11(13)12-6-4-10(3)5-7-12/h9-10H,4-8H2,1-3H3. The average Bonchev–Trinajstić information content (AvgIpc) is 2.15. The fourth-order valence-corrected chi connectivity index (χ4v) is 1.59. The molecule has 0 unspecified atom stereocenters. The topological polar surface area (TPSA) is 29.5 Å². The minimum absolute atomic E-state index is 0.141. The third-order valence-corrected chi connectivity index (χ3v) is 2.68. The van der Waals surface area contributed by atoms with Crippen LogP contribution in [-0.2, 0) is 9.53 Å². The molecule has 0 radical (unpaired) electrons. The lowest BCUT2D eigenvalue weighted by atomic mass is 9.99. The monoisotopic (exact) mass is 199 g/mol. The van der Waals surface area contributed by atoms with Gasteiger partial charge in [-0.25, -0.2) is 0 Å². The van der Waals surface area contributed by atoms with E-state index in [4.69, 9.17) is 4.74 Å².